The standard InChI is InChI=1S/C22H22ClN7O3S2/c1-13-27-30-19-14(25-22(30)35-13)4-5-29(20(19)16-10-24-12-34-16)18(31)11-33-15-2-3-17(26-21(15)23)28-6-8-32-9-7-28/h2-3,10,12,20H,4-9,11H2,1H3. The lowest BCUT2D eigenvalue weighted by Gasteiger charge is -2.34. The Morgan fingerprint density at radius 2 is 2.11 bits per heavy atom. The minimum Gasteiger partial charge on any atom is -0.481 e. The van der Waals surface area contributed by atoms with E-state index in [4.69, 9.17) is 26.1 Å². The van der Waals surface area contributed by atoms with Gasteiger partial charge in [-0.1, -0.05) is 22.9 Å². The van der Waals surface area contributed by atoms with E-state index >= 15 is 0 Å². The molecule has 2 aliphatic heterocycles. The highest BCUT2D eigenvalue weighted by Gasteiger charge is 2.37. The van der Waals surface area contributed by atoms with Crippen LogP contribution in [0.15, 0.2) is 23.8 Å². The lowest BCUT2D eigenvalue weighted by atomic mass is 10.0. The van der Waals surface area contributed by atoms with Crippen molar-refractivity contribution >= 4 is 51.0 Å². The number of morpholine rings is 1. The maximum absolute atomic E-state index is 13.4. The van der Waals surface area contributed by atoms with E-state index in [2.05, 4.69) is 20.0 Å². The number of aromatic nitrogens is 5. The molecule has 4 aromatic heterocycles. The van der Waals surface area contributed by atoms with Gasteiger partial charge in [0.25, 0.3) is 5.91 Å². The molecule has 0 aromatic carbocycles. The van der Waals surface area contributed by atoms with Crippen molar-refractivity contribution in [2.24, 2.45) is 0 Å². The average Bonchev–Trinajstić information content (AvgIpc) is 3.59. The summed E-state index contributed by atoms with van der Waals surface area (Å²) in [5.74, 6) is 1.00. The molecule has 1 unspecified atom stereocenters. The largest absolute Gasteiger partial charge is 0.481 e. The number of imidazole rings is 1. The van der Waals surface area contributed by atoms with Crippen molar-refractivity contribution in [3.05, 3.63) is 50.3 Å². The molecule has 35 heavy (non-hydrogen) atoms. The van der Waals surface area contributed by atoms with Gasteiger partial charge in [-0.15, -0.1) is 11.3 Å². The number of hydrogen-bond donors (Lipinski definition) is 0. The first-order chi connectivity index (χ1) is 17.1. The maximum Gasteiger partial charge on any atom is 0.261 e. The van der Waals surface area contributed by atoms with Gasteiger partial charge in [-0.2, -0.15) is 5.10 Å². The van der Waals surface area contributed by atoms with E-state index in [0.29, 0.717) is 31.9 Å². The number of carbonyl (C=O) groups is 1. The van der Waals surface area contributed by atoms with Crippen LogP contribution in [-0.2, 0) is 16.0 Å². The molecule has 0 N–H and O–H groups in total. The lowest BCUT2D eigenvalue weighted by Crippen LogP contribution is -2.43. The van der Waals surface area contributed by atoms with Crippen molar-refractivity contribution in [1.29, 1.82) is 0 Å². The van der Waals surface area contributed by atoms with Crippen LogP contribution in [0.4, 0.5) is 5.82 Å². The van der Waals surface area contributed by atoms with E-state index < -0.39 is 0 Å². The number of anilines is 1. The molecule has 0 spiro atoms. The fourth-order valence-electron chi connectivity index (χ4n) is 4.49. The molecule has 6 rings (SSSR count). The van der Waals surface area contributed by atoms with Gasteiger partial charge in [-0.25, -0.2) is 14.5 Å². The third kappa shape index (κ3) is 4.24. The Balaban J connectivity index is 1.23. The molecule has 13 heteroatoms. The second kappa shape index (κ2) is 9.34. The smallest absolute Gasteiger partial charge is 0.261 e. The van der Waals surface area contributed by atoms with E-state index in [1.54, 1.807) is 29.1 Å². The van der Waals surface area contributed by atoms with Gasteiger partial charge in [0.15, 0.2) is 17.5 Å². The number of halogens is 1. The molecular formula is C22H22ClN7O3S2. The molecule has 0 saturated carbocycles. The van der Waals surface area contributed by atoms with Gasteiger partial charge < -0.3 is 19.3 Å². The van der Waals surface area contributed by atoms with Gasteiger partial charge in [-0.3, -0.25) is 9.78 Å². The number of rotatable bonds is 5. The third-order valence-electron chi connectivity index (χ3n) is 6.10. The highest BCUT2D eigenvalue weighted by molar-refractivity contribution is 7.16. The molecule has 10 nitrogen and oxygen atoms in total. The normalized spacial score (nSPS) is 18.2. The van der Waals surface area contributed by atoms with Crippen molar-refractivity contribution in [2.75, 3.05) is 44.4 Å². The predicted molar refractivity (Wildman–Crippen MR) is 133 cm³/mol. The van der Waals surface area contributed by atoms with E-state index in [1.165, 1.54) is 11.3 Å². The summed E-state index contributed by atoms with van der Waals surface area (Å²) in [6.45, 7) is 5.18. The molecule has 182 valence electrons. The molecule has 1 atom stereocenters. The van der Waals surface area contributed by atoms with Crippen LogP contribution >= 0.6 is 34.3 Å². The SMILES string of the molecule is Cc1nn2c3c(nc2s1)CCN(C(=O)COc1ccc(N2CCOCC2)nc1Cl)C3c1cncs1. The summed E-state index contributed by atoms with van der Waals surface area (Å²) in [4.78, 5) is 32.6. The van der Waals surface area contributed by atoms with Gasteiger partial charge in [-0.05, 0) is 19.1 Å². The molecule has 2 aliphatic rings. The number of ether oxygens (including phenoxy) is 2. The van der Waals surface area contributed by atoms with Crippen LogP contribution in [0.3, 0.4) is 0 Å². The molecule has 4 aromatic rings. The number of amides is 1. The van der Waals surface area contributed by atoms with Gasteiger partial charge in [0.1, 0.15) is 16.9 Å². The monoisotopic (exact) mass is 531 g/mol. The molecule has 0 aliphatic carbocycles. The zero-order chi connectivity index (χ0) is 23.9. The fourth-order valence-corrected chi connectivity index (χ4v) is 6.20. The number of nitrogens with zero attached hydrogens (tertiary/aromatic N) is 7. The predicted octanol–water partition coefficient (Wildman–Crippen LogP) is 2.99. The average molecular weight is 532 g/mol. The Morgan fingerprint density at radius 1 is 1.26 bits per heavy atom. The van der Waals surface area contributed by atoms with E-state index in [9.17, 15) is 4.79 Å². The number of thiazole rings is 1. The van der Waals surface area contributed by atoms with Crippen molar-refractivity contribution in [2.45, 2.75) is 19.4 Å². The van der Waals surface area contributed by atoms with Crippen LogP contribution < -0.4 is 9.64 Å². The summed E-state index contributed by atoms with van der Waals surface area (Å²) in [6.07, 6.45) is 2.46. The number of carbonyl (C=O) groups excluding carboxylic acids is 1. The van der Waals surface area contributed by atoms with Crippen LogP contribution in [-0.4, -0.2) is 74.8 Å². The number of fused-ring (bicyclic) bond motifs is 3. The van der Waals surface area contributed by atoms with Crippen LogP contribution in [0.5, 0.6) is 5.75 Å². The molecule has 0 bridgehead atoms. The molecule has 6 heterocycles. The molecule has 1 amide bonds. The van der Waals surface area contributed by atoms with Crippen LogP contribution in [0.1, 0.15) is 27.3 Å². The minimum absolute atomic E-state index is 0.149. The second-order valence-electron chi connectivity index (χ2n) is 8.25. The topological polar surface area (TPSA) is 98.0 Å². The Hall–Kier alpha value is -2.80. The van der Waals surface area contributed by atoms with Gasteiger partial charge in [0, 0.05) is 32.3 Å². The number of aryl methyl sites for hydroxylation is 1. The molecule has 1 saturated heterocycles. The van der Waals surface area contributed by atoms with E-state index in [-0.39, 0.29) is 23.7 Å². The highest BCUT2D eigenvalue weighted by Crippen LogP contribution is 2.38. The lowest BCUT2D eigenvalue weighted by molar-refractivity contribution is -0.135. The van der Waals surface area contributed by atoms with Crippen molar-refractivity contribution in [3.8, 4) is 5.75 Å². The zero-order valence-corrected chi connectivity index (χ0v) is 21.3. The Bertz CT molecular complexity index is 1370. The Kier molecular flexibility index (Phi) is 6.04. The van der Waals surface area contributed by atoms with Gasteiger partial charge >= 0.3 is 0 Å². The van der Waals surface area contributed by atoms with E-state index in [0.717, 1.165) is 45.1 Å². The minimum atomic E-state index is -0.323. The maximum atomic E-state index is 13.4. The van der Waals surface area contributed by atoms with Gasteiger partial charge in [0.05, 0.1) is 35.0 Å². The van der Waals surface area contributed by atoms with Crippen molar-refractivity contribution in [3.63, 3.8) is 0 Å². The molecule has 1 fully saturated rings. The highest BCUT2D eigenvalue weighted by atomic mass is 35.5. The van der Waals surface area contributed by atoms with Crippen LogP contribution in [0, 0.1) is 6.92 Å². The Labute approximate surface area is 214 Å². The summed E-state index contributed by atoms with van der Waals surface area (Å²) >= 11 is 9.46. The fraction of sp³-hybridized carbons (Fsp3) is 0.409. The first kappa shape index (κ1) is 22.7. The first-order valence-corrected chi connectivity index (χ1v) is 13.3. The quantitative estimate of drug-likeness (QED) is 0.362. The van der Waals surface area contributed by atoms with Crippen molar-refractivity contribution in [1.82, 2.24) is 29.5 Å². The van der Waals surface area contributed by atoms with E-state index in [1.807, 2.05) is 22.4 Å². The summed E-state index contributed by atoms with van der Waals surface area (Å²) in [5, 5.41) is 5.80. The summed E-state index contributed by atoms with van der Waals surface area (Å²) in [6, 6.07) is 3.30. The number of pyridine rings is 1. The Morgan fingerprint density at radius 3 is 2.89 bits per heavy atom. The molecular weight excluding hydrogens is 510 g/mol. The molecule has 0 radical (unpaired) electrons. The summed E-state index contributed by atoms with van der Waals surface area (Å²) in [7, 11) is 0. The van der Waals surface area contributed by atoms with Crippen LogP contribution in [0.25, 0.3) is 4.96 Å². The zero-order valence-electron chi connectivity index (χ0n) is 18.9. The first-order valence-electron chi connectivity index (χ1n) is 11.2. The van der Waals surface area contributed by atoms with Crippen LogP contribution in [0.2, 0.25) is 5.15 Å². The van der Waals surface area contributed by atoms with Crippen molar-refractivity contribution < 1.29 is 14.3 Å². The second-order valence-corrected chi connectivity index (χ2v) is 10.7. The van der Waals surface area contributed by atoms with Gasteiger partial charge in [0.2, 0.25) is 4.96 Å². The summed E-state index contributed by atoms with van der Waals surface area (Å²) < 4.78 is 13.1. The third-order valence-corrected chi connectivity index (χ3v) is 8.03. The number of hydrogen-bond acceptors (Lipinski definition) is 10. The summed E-state index contributed by atoms with van der Waals surface area (Å²) in [5.41, 5.74) is 3.66.